The van der Waals surface area contributed by atoms with Gasteiger partial charge in [-0.05, 0) is 66.8 Å². The highest BCUT2D eigenvalue weighted by molar-refractivity contribution is 9.09. The second kappa shape index (κ2) is 23.4. The quantitative estimate of drug-likeness (QED) is 0.151. The van der Waals surface area contributed by atoms with Crippen LogP contribution in [0.4, 0.5) is 0 Å². The predicted molar refractivity (Wildman–Crippen MR) is 196 cm³/mol. The van der Waals surface area contributed by atoms with Crippen LogP contribution >= 0.6 is 27.5 Å². The van der Waals surface area contributed by atoms with Gasteiger partial charge in [0.2, 0.25) is 17.1 Å². The second-order valence-corrected chi connectivity index (χ2v) is 12.3. The van der Waals surface area contributed by atoms with E-state index in [0.717, 1.165) is 42.4 Å². The first kappa shape index (κ1) is 39.3. The van der Waals surface area contributed by atoms with E-state index < -0.39 is 0 Å². The molecule has 0 heterocycles. The number of nitrogens with zero attached hydrogens (tertiary/aromatic N) is 1. The molecule has 3 fully saturated rings. The molecule has 3 saturated carbocycles. The number of terminal acetylenes is 2. The molecule has 0 aliphatic heterocycles. The summed E-state index contributed by atoms with van der Waals surface area (Å²) in [7, 11) is 0. The number of nitrogens with two attached hydrogens (primary N) is 1. The fourth-order valence-electron chi connectivity index (χ4n) is 3.92. The summed E-state index contributed by atoms with van der Waals surface area (Å²) in [5.41, 5.74) is 8.32. The number of carbonyl (C=O) groups excluding carboxylic acids is 3. The molecule has 8 heteroatoms. The molecule has 6 nitrogen and oxygen atoms in total. The third-order valence-corrected chi connectivity index (χ3v) is 7.26. The first-order valence-electron chi connectivity index (χ1n) is 15.8. The number of rotatable bonds is 9. The van der Waals surface area contributed by atoms with E-state index >= 15 is 0 Å². The Morgan fingerprint density at radius 2 is 1.17 bits per heavy atom. The van der Waals surface area contributed by atoms with Crippen molar-refractivity contribution < 1.29 is 14.4 Å². The third kappa shape index (κ3) is 20.8. The zero-order chi connectivity index (χ0) is 34.3. The van der Waals surface area contributed by atoms with Gasteiger partial charge in [-0.3, -0.25) is 14.4 Å². The Kier molecular flexibility index (Phi) is 19.6. The Labute approximate surface area is 294 Å². The maximum atomic E-state index is 12.0. The molecule has 3 N–H and O–H groups in total. The lowest BCUT2D eigenvalue weighted by Gasteiger charge is -2.19. The molecule has 3 aromatic carbocycles. The van der Waals surface area contributed by atoms with Gasteiger partial charge in [-0.2, -0.15) is 0 Å². The van der Waals surface area contributed by atoms with Crippen LogP contribution in [0.1, 0.15) is 55.2 Å². The predicted octanol–water partition coefficient (Wildman–Crippen LogP) is 6.48. The molecule has 0 atom stereocenters. The van der Waals surface area contributed by atoms with Crippen molar-refractivity contribution in [2.45, 2.75) is 75.9 Å². The van der Waals surface area contributed by atoms with E-state index in [1.54, 1.807) is 0 Å². The fourth-order valence-corrected chi connectivity index (χ4v) is 4.07. The molecule has 2 amide bonds. The minimum Gasteiger partial charge on any atom is -0.353 e. The molecule has 248 valence electrons. The monoisotopic (exact) mass is 717 g/mol. The van der Waals surface area contributed by atoms with Crippen molar-refractivity contribution in [3.63, 3.8) is 0 Å². The summed E-state index contributed by atoms with van der Waals surface area (Å²) < 4.78 is 0. The van der Waals surface area contributed by atoms with E-state index in [9.17, 15) is 14.4 Å². The lowest BCUT2D eigenvalue weighted by molar-refractivity contribution is -0.130. The van der Waals surface area contributed by atoms with E-state index in [1.807, 2.05) is 95.9 Å². The zero-order valence-electron chi connectivity index (χ0n) is 26.8. The molecule has 3 aliphatic rings. The minimum absolute atomic E-state index is 0.145. The summed E-state index contributed by atoms with van der Waals surface area (Å²) in [6.07, 6.45) is 18.3. The van der Waals surface area contributed by atoms with E-state index in [4.69, 9.17) is 30.2 Å². The van der Waals surface area contributed by atoms with Crippen molar-refractivity contribution in [2.75, 3.05) is 11.9 Å². The highest BCUT2D eigenvalue weighted by Gasteiger charge is 2.31. The number of hydrogen-bond acceptors (Lipinski definition) is 4. The standard InChI is InChI=1S/C14H15NO.C11H13NO.C8H7ClO.C3H3Br.C3H7N/c1-2-10-15(13-8-9-13)14(16)11-12-6-4-3-5-7-12;13-11(12-10-6-7-10)8-9-4-2-1-3-5-9;9-8(10)6-7-4-2-1-3-5-7;1-2-3-4;4-3-1-2-3/h1,3-7,13H,8-11H2;1-5,10H,6-8H2,(H,12,13);1-5H,6H2;1H,3H2;3H,1-2,4H2. The van der Waals surface area contributed by atoms with Crippen molar-refractivity contribution in [3.05, 3.63) is 108 Å². The topological polar surface area (TPSA) is 92.5 Å². The molecular weight excluding hydrogens is 674 g/mol. The lowest BCUT2D eigenvalue weighted by Crippen LogP contribution is -2.34. The second-order valence-electron chi connectivity index (χ2n) is 11.3. The Balaban J connectivity index is 0.000000223. The van der Waals surface area contributed by atoms with E-state index in [0.29, 0.717) is 49.3 Å². The van der Waals surface area contributed by atoms with E-state index in [2.05, 4.69) is 33.1 Å². The highest BCUT2D eigenvalue weighted by atomic mass is 79.9. The van der Waals surface area contributed by atoms with Gasteiger partial charge < -0.3 is 16.0 Å². The summed E-state index contributed by atoms with van der Waals surface area (Å²) in [5, 5.41) is 3.31. The number of halogens is 2. The number of carbonyl (C=O) groups is 3. The van der Waals surface area contributed by atoms with Crippen molar-refractivity contribution in [3.8, 4) is 24.7 Å². The summed E-state index contributed by atoms with van der Waals surface area (Å²) in [6.45, 7) is 0.441. The first-order valence-corrected chi connectivity index (χ1v) is 17.3. The Morgan fingerprint density at radius 3 is 1.51 bits per heavy atom. The minimum atomic E-state index is -0.314. The van der Waals surface area contributed by atoms with Crippen LogP contribution in [-0.4, -0.2) is 52.0 Å². The molecular formula is C39H45BrClN3O3. The van der Waals surface area contributed by atoms with Crippen LogP contribution in [0.5, 0.6) is 0 Å². The lowest BCUT2D eigenvalue weighted by atomic mass is 10.1. The van der Waals surface area contributed by atoms with Crippen molar-refractivity contribution in [2.24, 2.45) is 5.73 Å². The van der Waals surface area contributed by atoms with Gasteiger partial charge in [0.15, 0.2) is 0 Å². The molecule has 0 aromatic heterocycles. The maximum absolute atomic E-state index is 12.0. The number of hydrogen-bond donors (Lipinski definition) is 2. The average Bonchev–Trinajstić information content (AvgIpc) is 3.92. The highest BCUT2D eigenvalue weighted by Crippen LogP contribution is 2.27. The van der Waals surface area contributed by atoms with Gasteiger partial charge in [0, 0.05) is 24.5 Å². The van der Waals surface area contributed by atoms with Gasteiger partial charge >= 0.3 is 0 Å². The molecule has 0 saturated heterocycles. The van der Waals surface area contributed by atoms with Crippen molar-refractivity contribution in [1.29, 1.82) is 0 Å². The van der Waals surface area contributed by atoms with E-state index in [-0.39, 0.29) is 17.1 Å². The Morgan fingerprint density at radius 1 is 0.745 bits per heavy atom. The zero-order valence-corrected chi connectivity index (χ0v) is 29.2. The molecule has 3 aliphatic carbocycles. The van der Waals surface area contributed by atoms with Gasteiger partial charge in [0.1, 0.15) is 0 Å². The maximum Gasteiger partial charge on any atom is 0.228 e. The number of benzene rings is 3. The van der Waals surface area contributed by atoms with Crippen molar-refractivity contribution >= 4 is 44.6 Å². The summed E-state index contributed by atoms with van der Waals surface area (Å²) in [6, 6.07) is 30.5. The first-order chi connectivity index (χ1) is 22.7. The molecule has 0 spiro atoms. The number of alkyl halides is 1. The van der Waals surface area contributed by atoms with Crippen LogP contribution in [0.15, 0.2) is 91.0 Å². The van der Waals surface area contributed by atoms with Gasteiger partial charge in [0.25, 0.3) is 0 Å². The van der Waals surface area contributed by atoms with Crippen LogP contribution in [0.3, 0.4) is 0 Å². The largest absolute Gasteiger partial charge is 0.353 e. The molecule has 6 rings (SSSR count). The van der Waals surface area contributed by atoms with Crippen LogP contribution in [0.2, 0.25) is 0 Å². The van der Waals surface area contributed by atoms with E-state index in [1.165, 1.54) is 12.8 Å². The Hall–Kier alpha value is -3.88. The smallest absolute Gasteiger partial charge is 0.228 e. The number of amides is 2. The molecule has 0 bridgehead atoms. The summed E-state index contributed by atoms with van der Waals surface area (Å²) in [4.78, 5) is 35.6. The SMILES string of the molecule is C#CCBr.C#CCN(C(=O)Cc1ccccc1)C1CC1.NC1CC1.O=C(Cc1ccccc1)NC1CC1.O=C(Cl)Cc1ccccc1. The molecule has 0 unspecified atom stereocenters. The van der Waals surface area contributed by atoms with Crippen molar-refractivity contribution in [1.82, 2.24) is 10.2 Å². The number of nitrogens with one attached hydrogen (secondary N) is 1. The van der Waals surface area contributed by atoms with Gasteiger partial charge in [-0.15, -0.1) is 12.8 Å². The Bertz CT molecular complexity index is 1410. The van der Waals surface area contributed by atoms with Crippen LogP contribution < -0.4 is 11.1 Å². The van der Waals surface area contributed by atoms with Crippen LogP contribution in [0.25, 0.3) is 0 Å². The molecule has 0 radical (unpaired) electrons. The normalized spacial score (nSPS) is 13.7. The van der Waals surface area contributed by atoms with Crippen LogP contribution in [-0.2, 0) is 33.6 Å². The van der Waals surface area contributed by atoms with Crippen LogP contribution in [0, 0.1) is 24.7 Å². The molecule has 3 aromatic rings. The summed E-state index contributed by atoms with van der Waals surface area (Å²) in [5.74, 6) is 5.20. The van der Waals surface area contributed by atoms with Gasteiger partial charge in [-0.25, -0.2) is 0 Å². The molecule has 47 heavy (non-hydrogen) atoms. The van der Waals surface area contributed by atoms with Gasteiger partial charge in [-0.1, -0.05) is 119 Å². The average molecular weight is 719 g/mol. The third-order valence-electron chi connectivity index (χ3n) is 6.80. The summed E-state index contributed by atoms with van der Waals surface area (Å²) >= 11 is 8.19. The fraction of sp³-hybridized carbons (Fsp3) is 0.359. The van der Waals surface area contributed by atoms with Gasteiger partial charge in [0.05, 0.1) is 24.7 Å².